The van der Waals surface area contributed by atoms with Gasteiger partial charge in [0.1, 0.15) is 19.9 Å². The highest BCUT2D eigenvalue weighted by atomic mass is 32.2. The molecule has 0 atom stereocenters. The Bertz CT molecular complexity index is 1520. The van der Waals surface area contributed by atoms with Crippen LogP contribution in [0.15, 0.2) is 76.9 Å². The third kappa shape index (κ3) is 3.74. The molecular weight excluding hydrogens is 497 g/mol. The van der Waals surface area contributed by atoms with Gasteiger partial charge in [0.25, 0.3) is 11.5 Å². The number of thiazole rings is 1. The lowest BCUT2D eigenvalue weighted by Crippen LogP contribution is -2.36. The second kappa shape index (κ2) is 9.49. The van der Waals surface area contributed by atoms with Crippen LogP contribution < -0.4 is 24.6 Å². The standard InChI is InChI=1S/C26H24N4O2S3/c1-4-16-29-23(32)21(25-27(5-2)18-14-10-11-15-19(18)34-25)35-24(29)20-22(31)28(6-3)26(33)30(20)17-12-8-7-9-13-17/h4,7-15H,1,5-6,16H2,2-3H3/b24-20-,25-21+. The van der Waals surface area contributed by atoms with Crippen molar-refractivity contribution in [2.24, 2.45) is 0 Å². The van der Waals surface area contributed by atoms with Gasteiger partial charge >= 0.3 is 0 Å². The molecule has 0 saturated carbocycles. The van der Waals surface area contributed by atoms with E-state index in [1.165, 1.54) is 11.3 Å². The van der Waals surface area contributed by atoms with Crippen LogP contribution >= 0.6 is 35.3 Å². The Labute approximate surface area is 217 Å². The summed E-state index contributed by atoms with van der Waals surface area (Å²) < 4.78 is 2.83. The van der Waals surface area contributed by atoms with Crippen LogP contribution in [0, 0.1) is 0 Å². The molecule has 3 aromatic rings. The Morgan fingerprint density at radius 1 is 0.971 bits per heavy atom. The van der Waals surface area contributed by atoms with Crippen molar-refractivity contribution in [3.8, 4) is 0 Å². The number of hydrogen-bond acceptors (Lipinski definition) is 6. The van der Waals surface area contributed by atoms with E-state index in [4.69, 9.17) is 12.2 Å². The van der Waals surface area contributed by atoms with Crippen molar-refractivity contribution in [3.05, 3.63) is 86.8 Å². The molecule has 1 amide bonds. The van der Waals surface area contributed by atoms with Crippen molar-refractivity contribution in [1.29, 1.82) is 0 Å². The number of para-hydroxylation sites is 2. The number of thioether (sulfide) groups is 1. The zero-order valence-electron chi connectivity index (χ0n) is 19.4. The number of hydrogen-bond donors (Lipinski definition) is 0. The van der Waals surface area contributed by atoms with Gasteiger partial charge in [-0.3, -0.25) is 24.0 Å². The van der Waals surface area contributed by atoms with Gasteiger partial charge in [-0.1, -0.05) is 48.2 Å². The van der Waals surface area contributed by atoms with Gasteiger partial charge in [0.2, 0.25) is 0 Å². The molecule has 0 bridgehead atoms. The van der Waals surface area contributed by atoms with Gasteiger partial charge in [0, 0.05) is 30.2 Å². The number of anilines is 2. The van der Waals surface area contributed by atoms with E-state index in [1.54, 1.807) is 32.2 Å². The van der Waals surface area contributed by atoms with Crippen LogP contribution in [0.4, 0.5) is 11.4 Å². The molecule has 35 heavy (non-hydrogen) atoms. The van der Waals surface area contributed by atoms with E-state index in [9.17, 15) is 9.59 Å². The average molecular weight is 521 g/mol. The fourth-order valence-electron chi connectivity index (χ4n) is 4.34. The summed E-state index contributed by atoms with van der Waals surface area (Å²) in [7, 11) is 0. The molecule has 0 spiro atoms. The third-order valence-corrected chi connectivity index (χ3v) is 8.83. The first kappa shape index (κ1) is 23.6. The highest BCUT2D eigenvalue weighted by molar-refractivity contribution is 8.08. The van der Waals surface area contributed by atoms with Crippen molar-refractivity contribution in [1.82, 2.24) is 9.47 Å². The number of allylic oxidation sites excluding steroid dienone is 1. The van der Waals surface area contributed by atoms with E-state index >= 15 is 0 Å². The summed E-state index contributed by atoms with van der Waals surface area (Å²) in [6.45, 7) is 9.29. The van der Waals surface area contributed by atoms with Gasteiger partial charge in [-0.05, 0) is 50.3 Å². The second-order valence-electron chi connectivity index (χ2n) is 7.91. The molecule has 5 rings (SSSR count). The summed E-state index contributed by atoms with van der Waals surface area (Å²) in [4.78, 5) is 34.1. The SMILES string of the molecule is C=CCn1c(=O)/c(=C2\Sc3ccccc3N2CC)s/c1=C1/C(=O)N(CC)C(=S)N1c1ccccc1. The summed E-state index contributed by atoms with van der Waals surface area (Å²) in [5.41, 5.74) is 2.15. The number of nitrogens with zero attached hydrogens (tertiary/aromatic N) is 4. The fourth-order valence-corrected chi connectivity index (χ4v) is 7.29. The molecule has 2 aromatic carbocycles. The number of thiocarbonyl (C=S) groups is 1. The summed E-state index contributed by atoms with van der Waals surface area (Å²) in [6.07, 6.45) is 1.68. The Morgan fingerprint density at radius 3 is 2.34 bits per heavy atom. The minimum Gasteiger partial charge on any atom is -0.334 e. The highest BCUT2D eigenvalue weighted by Gasteiger charge is 2.40. The third-order valence-electron chi connectivity index (χ3n) is 5.94. The van der Waals surface area contributed by atoms with Crippen LogP contribution in [0.5, 0.6) is 0 Å². The molecule has 0 aliphatic carbocycles. The van der Waals surface area contributed by atoms with Gasteiger partial charge < -0.3 is 4.90 Å². The maximum atomic E-state index is 13.8. The van der Waals surface area contributed by atoms with Crippen molar-refractivity contribution in [2.45, 2.75) is 25.3 Å². The molecule has 1 aromatic heterocycles. The first-order valence-corrected chi connectivity index (χ1v) is 13.4. The predicted molar refractivity (Wildman–Crippen MR) is 149 cm³/mol. The number of carbonyl (C=O) groups excluding carboxylic acids is 1. The zero-order valence-corrected chi connectivity index (χ0v) is 21.9. The lowest BCUT2D eigenvalue weighted by molar-refractivity contribution is -0.120. The average Bonchev–Trinajstić information content (AvgIpc) is 3.48. The Kier molecular flexibility index (Phi) is 6.39. The molecule has 1 fully saturated rings. The van der Waals surface area contributed by atoms with Gasteiger partial charge in [-0.2, -0.15) is 0 Å². The lowest BCUT2D eigenvalue weighted by Gasteiger charge is -2.19. The first-order chi connectivity index (χ1) is 17.0. The monoisotopic (exact) mass is 520 g/mol. The van der Waals surface area contributed by atoms with Crippen LogP contribution in [0.1, 0.15) is 13.8 Å². The topological polar surface area (TPSA) is 48.8 Å². The Balaban J connectivity index is 1.85. The molecule has 1 saturated heterocycles. The number of carbonyl (C=O) groups is 1. The molecule has 9 heteroatoms. The quantitative estimate of drug-likeness (QED) is 0.379. The maximum absolute atomic E-state index is 13.8. The molecule has 178 valence electrons. The smallest absolute Gasteiger partial charge is 0.280 e. The molecule has 2 aliphatic rings. The van der Waals surface area contributed by atoms with Gasteiger partial charge in [0.05, 0.1) is 5.69 Å². The van der Waals surface area contributed by atoms with E-state index in [1.807, 2.05) is 49.4 Å². The summed E-state index contributed by atoms with van der Waals surface area (Å²) in [5, 5.41) is 1.30. The van der Waals surface area contributed by atoms with E-state index in [0.29, 0.717) is 33.1 Å². The molecule has 3 heterocycles. The molecular formula is C26H24N4O2S3. The van der Waals surface area contributed by atoms with Gasteiger partial charge in [0.15, 0.2) is 5.11 Å². The van der Waals surface area contributed by atoms with Crippen LogP contribution in [-0.4, -0.2) is 33.6 Å². The number of amides is 1. The first-order valence-electron chi connectivity index (χ1n) is 11.4. The Hall–Kier alpha value is -3.14. The van der Waals surface area contributed by atoms with E-state index in [0.717, 1.165) is 27.8 Å². The molecule has 6 nitrogen and oxygen atoms in total. The second-order valence-corrected chi connectivity index (χ2v) is 10.3. The minimum absolute atomic E-state index is 0.132. The van der Waals surface area contributed by atoms with E-state index < -0.39 is 0 Å². The number of aromatic nitrogens is 1. The normalized spacial score (nSPS) is 18.5. The highest BCUT2D eigenvalue weighted by Crippen LogP contribution is 2.45. The molecule has 2 aliphatic heterocycles. The van der Waals surface area contributed by atoms with Gasteiger partial charge in [-0.15, -0.1) is 17.9 Å². The summed E-state index contributed by atoms with van der Waals surface area (Å²) in [5.74, 6) is -0.202. The lowest BCUT2D eigenvalue weighted by atomic mass is 10.3. The predicted octanol–water partition coefficient (Wildman–Crippen LogP) is 3.56. The van der Waals surface area contributed by atoms with Crippen LogP contribution in [0.3, 0.4) is 0 Å². The van der Waals surface area contributed by atoms with Crippen molar-refractivity contribution in [3.63, 3.8) is 0 Å². The molecule has 0 unspecified atom stereocenters. The molecule has 0 N–H and O–H groups in total. The number of likely N-dealkylation sites (N-methyl/N-ethyl adjacent to an activating group) is 1. The summed E-state index contributed by atoms with van der Waals surface area (Å²) in [6, 6.07) is 17.7. The zero-order chi connectivity index (χ0) is 24.7. The largest absolute Gasteiger partial charge is 0.334 e. The molecule has 0 radical (unpaired) electrons. The minimum atomic E-state index is -0.202. The van der Waals surface area contributed by atoms with Crippen LogP contribution in [0.25, 0.3) is 10.7 Å². The Morgan fingerprint density at radius 2 is 1.66 bits per heavy atom. The number of rotatable bonds is 5. The van der Waals surface area contributed by atoms with E-state index in [2.05, 4.69) is 30.5 Å². The van der Waals surface area contributed by atoms with Gasteiger partial charge in [-0.25, -0.2) is 0 Å². The van der Waals surface area contributed by atoms with Crippen LogP contribution in [-0.2, 0) is 11.3 Å². The van der Waals surface area contributed by atoms with Crippen molar-refractivity contribution in [2.75, 3.05) is 22.9 Å². The van der Waals surface area contributed by atoms with E-state index in [-0.39, 0.29) is 11.5 Å². The number of fused-ring (bicyclic) bond motifs is 1. The summed E-state index contributed by atoms with van der Waals surface area (Å²) >= 11 is 8.66. The number of benzene rings is 2. The maximum Gasteiger partial charge on any atom is 0.280 e. The fraction of sp³-hybridized carbons (Fsp3) is 0.192. The van der Waals surface area contributed by atoms with Crippen molar-refractivity contribution < 1.29 is 4.79 Å². The van der Waals surface area contributed by atoms with Crippen LogP contribution in [0.2, 0.25) is 0 Å². The van der Waals surface area contributed by atoms with Crippen molar-refractivity contribution >= 4 is 68.4 Å².